The van der Waals surface area contributed by atoms with Crippen LogP contribution in [0.15, 0.2) is 49.1 Å². The zero-order valence-electron chi connectivity index (χ0n) is 10.8. The topological polar surface area (TPSA) is 72.9 Å². The normalized spacial score (nSPS) is 10.7. The third-order valence-electron chi connectivity index (χ3n) is 2.93. The molecule has 0 saturated carbocycles. The SMILES string of the molecule is Cc1nc(-n2cccc2)c(C(=O)O)nc1-n1cccc1. The minimum Gasteiger partial charge on any atom is -0.476 e. The van der Waals surface area contributed by atoms with Crippen molar-refractivity contribution in [3.05, 3.63) is 60.4 Å². The molecule has 0 saturated heterocycles. The summed E-state index contributed by atoms with van der Waals surface area (Å²) in [5.74, 6) is -0.270. The minimum atomic E-state index is -1.10. The highest BCUT2D eigenvalue weighted by molar-refractivity contribution is 5.89. The predicted octanol–water partition coefficient (Wildman–Crippen LogP) is 2.06. The molecular formula is C14H12N4O2. The molecule has 3 heterocycles. The highest BCUT2D eigenvalue weighted by Crippen LogP contribution is 2.17. The van der Waals surface area contributed by atoms with Crippen LogP contribution in [0.4, 0.5) is 0 Å². The van der Waals surface area contributed by atoms with Gasteiger partial charge >= 0.3 is 5.97 Å². The number of nitrogens with zero attached hydrogens (tertiary/aromatic N) is 4. The summed E-state index contributed by atoms with van der Waals surface area (Å²) >= 11 is 0. The molecule has 1 N–H and O–H groups in total. The number of carboxylic acid groups (broad SMARTS) is 1. The molecule has 0 aliphatic carbocycles. The van der Waals surface area contributed by atoms with Crippen molar-refractivity contribution in [2.75, 3.05) is 0 Å². The molecule has 20 heavy (non-hydrogen) atoms. The number of rotatable bonds is 3. The van der Waals surface area contributed by atoms with Gasteiger partial charge in [0.15, 0.2) is 17.3 Å². The third-order valence-corrected chi connectivity index (χ3v) is 2.93. The number of carbonyl (C=O) groups is 1. The highest BCUT2D eigenvalue weighted by atomic mass is 16.4. The zero-order valence-corrected chi connectivity index (χ0v) is 10.8. The lowest BCUT2D eigenvalue weighted by Crippen LogP contribution is -2.14. The van der Waals surface area contributed by atoms with Crippen molar-refractivity contribution in [1.82, 2.24) is 19.1 Å². The minimum absolute atomic E-state index is 0.0736. The van der Waals surface area contributed by atoms with Crippen LogP contribution in [0.1, 0.15) is 16.2 Å². The van der Waals surface area contributed by atoms with Gasteiger partial charge in [0.1, 0.15) is 0 Å². The van der Waals surface area contributed by atoms with E-state index >= 15 is 0 Å². The van der Waals surface area contributed by atoms with E-state index < -0.39 is 5.97 Å². The molecule has 0 unspecified atom stereocenters. The van der Waals surface area contributed by atoms with E-state index in [-0.39, 0.29) is 5.69 Å². The molecule has 0 aromatic carbocycles. The first-order valence-corrected chi connectivity index (χ1v) is 6.05. The van der Waals surface area contributed by atoms with E-state index in [1.807, 2.05) is 24.3 Å². The van der Waals surface area contributed by atoms with Gasteiger partial charge < -0.3 is 14.2 Å². The Balaban J connectivity index is 2.23. The van der Waals surface area contributed by atoms with Crippen molar-refractivity contribution in [3.8, 4) is 11.6 Å². The first-order valence-electron chi connectivity index (χ1n) is 6.05. The summed E-state index contributed by atoms with van der Waals surface area (Å²) in [5.41, 5.74) is 0.588. The summed E-state index contributed by atoms with van der Waals surface area (Å²) in [7, 11) is 0. The van der Waals surface area contributed by atoms with E-state index in [1.54, 1.807) is 40.8 Å². The Morgan fingerprint density at radius 2 is 1.45 bits per heavy atom. The monoisotopic (exact) mass is 268 g/mol. The van der Waals surface area contributed by atoms with E-state index in [9.17, 15) is 9.90 Å². The van der Waals surface area contributed by atoms with Crippen LogP contribution >= 0.6 is 0 Å². The van der Waals surface area contributed by atoms with Crippen molar-refractivity contribution in [2.24, 2.45) is 0 Å². The molecule has 0 atom stereocenters. The van der Waals surface area contributed by atoms with Crippen molar-refractivity contribution in [2.45, 2.75) is 6.92 Å². The van der Waals surface area contributed by atoms with Gasteiger partial charge in [0.2, 0.25) is 0 Å². The van der Waals surface area contributed by atoms with Gasteiger partial charge in [-0.15, -0.1) is 0 Å². The van der Waals surface area contributed by atoms with E-state index in [4.69, 9.17) is 0 Å². The lowest BCUT2D eigenvalue weighted by Gasteiger charge is -2.11. The van der Waals surface area contributed by atoms with E-state index in [1.165, 1.54) is 0 Å². The maximum Gasteiger partial charge on any atom is 0.358 e. The van der Waals surface area contributed by atoms with Crippen molar-refractivity contribution < 1.29 is 9.90 Å². The van der Waals surface area contributed by atoms with Gasteiger partial charge in [-0.1, -0.05) is 0 Å². The van der Waals surface area contributed by atoms with Gasteiger partial charge in [-0.3, -0.25) is 0 Å². The maximum absolute atomic E-state index is 11.4. The Morgan fingerprint density at radius 1 is 0.950 bits per heavy atom. The summed E-state index contributed by atoms with van der Waals surface area (Å²) in [4.78, 5) is 20.1. The first-order chi connectivity index (χ1) is 9.66. The molecule has 0 spiro atoms. The number of hydrogen-bond acceptors (Lipinski definition) is 3. The summed E-state index contributed by atoms with van der Waals surface area (Å²) in [6.45, 7) is 1.81. The molecule has 0 aliphatic rings. The Kier molecular flexibility index (Phi) is 2.83. The molecule has 0 amide bonds. The van der Waals surface area contributed by atoms with Crippen molar-refractivity contribution >= 4 is 5.97 Å². The number of aromatic carboxylic acids is 1. The van der Waals surface area contributed by atoms with Crippen LogP contribution in [-0.4, -0.2) is 30.2 Å². The van der Waals surface area contributed by atoms with Gasteiger partial charge in [-0.25, -0.2) is 14.8 Å². The number of hydrogen-bond donors (Lipinski definition) is 1. The van der Waals surface area contributed by atoms with Crippen molar-refractivity contribution in [3.63, 3.8) is 0 Å². The van der Waals surface area contributed by atoms with Crippen LogP contribution in [0.2, 0.25) is 0 Å². The molecule has 0 radical (unpaired) electrons. The zero-order chi connectivity index (χ0) is 14.1. The second-order valence-corrected chi connectivity index (χ2v) is 4.29. The van der Waals surface area contributed by atoms with Crippen LogP contribution in [0, 0.1) is 6.92 Å². The lowest BCUT2D eigenvalue weighted by molar-refractivity contribution is 0.0690. The Labute approximate surface area is 115 Å². The fourth-order valence-electron chi connectivity index (χ4n) is 2.02. The average molecular weight is 268 g/mol. The standard InChI is InChI=1S/C14H12N4O2/c1-10-12(17-6-2-3-7-17)16-11(14(19)20)13(15-10)18-8-4-5-9-18/h2-9H,1H3,(H,19,20). The third kappa shape index (κ3) is 1.97. The Bertz CT molecular complexity index is 746. The smallest absolute Gasteiger partial charge is 0.358 e. The van der Waals surface area contributed by atoms with Gasteiger partial charge in [-0.05, 0) is 31.2 Å². The number of carboxylic acids is 1. The van der Waals surface area contributed by atoms with Crippen LogP contribution in [0.25, 0.3) is 11.6 Å². The molecule has 0 aliphatic heterocycles. The van der Waals surface area contributed by atoms with Gasteiger partial charge in [0.05, 0.1) is 5.69 Å². The van der Waals surface area contributed by atoms with Crippen LogP contribution < -0.4 is 0 Å². The molecule has 0 bridgehead atoms. The molecule has 6 nitrogen and oxygen atoms in total. The van der Waals surface area contributed by atoms with Crippen molar-refractivity contribution in [1.29, 1.82) is 0 Å². The first kappa shape index (κ1) is 12.2. The Hall–Kier alpha value is -2.89. The fraction of sp³-hybridized carbons (Fsp3) is 0.0714. The molecule has 6 heteroatoms. The summed E-state index contributed by atoms with van der Waals surface area (Å²) in [6.07, 6.45) is 7.09. The Morgan fingerprint density at radius 3 is 1.95 bits per heavy atom. The summed E-state index contributed by atoms with van der Waals surface area (Å²) < 4.78 is 3.39. The summed E-state index contributed by atoms with van der Waals surface area (Å²) in [6, 6.07) is 7.31. The maximum atomic E-state index is 11.4. The van der Waals surface area contributed by atoms with Gasteiger partial charge in [0, 0.05) is 24.8 Å². The van der Waals surface area contributed by atoms with Crippen LogP contribution in [-0.2, 0) is 0 Å². The lowest BCUT2D eigenvalue weighted by atomic mass is 10.3. The van der Waals surface area contributed by atoms with E-state index in [0.717, 1.165) is 0 Å². The second-order valence-electron chi connectivity index (χ2n) is 4.29. The molecule has 3 rings (SSSR count). The van der Waals surface area contributed by atoms with Gasteiger partial charge in [-0.2, -0.15) is 0 Å². The molecule has 3 aromatic heterocycles. The van der Waals surface area contributed by atoms with Gasteiger partial charge in [0.25, 0.3) is 0 Å². The predicted molar refractivity (Wildman–Crippen MR) is 72.4 cm³/mol. The molecule has 3 aromatic rings. The number of aryl methyl sites for hydroxylation is 1. The van der Waals surface area contributed by atoms with Crippen LogP contribution in [0.3, 0.4) is 0 Å². The number of aromatic nitrogens is 4. The van der Waals surface area contributed by atoms with Crippen LogP contribution in [0.5, 0.6) is 0 Å². The molecule has 0 fully saturated rings. The summed E-state index contributed by atoms with van der Waals surface area (Å²) in [5, 5.41) is 9.35. The van der Waals surface area contributed by atoms with E-state index in [2.05, 4.69) is 9.97 Å². The quantitative estimate of drug-likeness (QED) is 0.789. The fourth-order valence-corrected chi connectivity index (χ4v) is 2.02. The van der Waals surface area contributed by atoms with E-state index in [0.29, 0.717) is 17.3 Å². The second kappa shape index (κ2) is 4.65. The highest BCUT2D eigenvalue weighted by Gasteiger charge is 2.18. The largest absolute Gasteiger partial charge is 0.476 e. The average Bonchev–Trinajstić information content (AvgIpc) is 3.11. The molecular weight excluding hydrogens is 256 g/mol. The molecule has 100 valence electrons.